The molecule has 0 aliphatic carbocycles. The molecule has 0 bridgehead atoms. The molecule has 48 heavy (non-hydrogen) atoms. The van der Waals surface area contributed by atoms with E-state index in [0.29, 0.717) is 11.5 Å². The largest absolute Gasteiger partial charge is 0.448 e. The van der Waals surface area contributed by atoms with Crippen LogP contribution in [0.4, 0.5) is 5.13 Å². The summed E-state index contributed by atoms with van der Waals surface area (Å²) in [7, 11) is 1.31. The number of carbonyl (C=O) groups is 3. The topological polar surface area (TPSA) is 149 Å². The summed E-state index contributed by atoms with van der Waals surface area (Å²) in [5.74, 6) is -0.836. The zero-order valence-electron chi connectivity index (χ0n) is 25.6. The van der Waals surface area contributed by atoms with Crippen LogP contribution in [0.5, 0.6) is 0 Å². The number of oxime groups is 1. The van der Waals surface area contributed by atoms with E-state index in [1.54, 1.807) is 11.6 Å². The summed E-state index contributed by atoms with van der Waals surface area (Å²) in [4.78, 5) is 56.0. The van der Waals surface area contributed by atoms with E-state index in [0.717, 1.165) is 33.7 Å². The van der Waals surface area contributed by atoms with Crippen molar-refractivity contribution in [3.8, 4) is 0 Å². The van der Waals surface area contributed by atoms with Gasteiger partial charge in [0, 0.05) is 23.1 Å². The number of fused-ring (bicyclic) bond motifs is 1. The second-order valence-corrected chi connectivity index (χ2v) is 13.4. The molecule has 3 N–H and O–H groups in total. The van der Waals surface area contributed by atoms with Gasteiger partial charge in [0.1, 0.15) is 29.9 Å². The minimum Gasteiger partial charge on any atom is -0.448 e. The molecule has 0 spiro atoms. The van der Waals surface area contributed by atoms with Gasteiger partial charge in [-0.2, -0.15) is 0 Å². The number of esters is 1. The molecule has 1 unspecified atom stereocenters. The van der Waals surface area contributed by atoms with E-state index in [-0.39, 0.29) is 22.2 Å². The number of β-lactam (4-membered cyclic amide) rings is 1. The Kier molecular flexibility index (Phi) is 10.5. The van der Waals surface area contributed by atoms with Crippen LogP contribution in [0.2, 0.25) is 0 Å². The molecule has 0 saturated carbocycles. The molecule has 11 nitrogen and oxygen atoms in total. The first-order valence-electron chi connectivity index (χ1n) is 14.7. The molecule has 244 valence electrons. The number of nitrogens with zero attached hydrogens (tertiary/aromatic N) is 4. The first kappa shape index (κ1) is 33.0. The maximum atomic E-state index is 14.2. The number of carbonyl (C=O) groups excluding carboxylic acids is 3. The average molecular weight is 699 g/mol. The minimum absolute atomic E-state index is 0.113. The zero-order chi connectivity index (χ0) is 33.5. The van der Waals surface area contributed by atoms with Crippen molar-refractivity contribution in [3.63, 3.8) is 0 Å². The minimum atomic E-state index is -0.916. The summed E-state index contributed by atoms with van der Waals surface area (Å²) in [6, 6.07) is 23.6. The number of aromatic nitrogens is 2. The van der Waals surface area contributed by atoms with Crippen LogP contribution in [-0.4, -0.2) is 68.4 Å². The van der Waals surface area contributed by atoms with E-state index in [1.807, 2.05) is 90.3 Å². The van der Waals surface area contributed by atoms with Gasteiger partial charge in [-0.05, 0) is 40.3 Å². The van der Waals surface area contributed by atoms with Crippen molar-refractivity contribution in [1.29, 1.82) is 0 Å². The molecule has 1 fully saturated rings. The summed E-state index contributed by atoms with van der Waals surface area (Å²) >= 11 is 4.09. The van der Waals surface area contributed by atoms with E-state index in [2.05, 4.69) is 20.4 Å². The van der Waals surface area contributed by atoms with Gasteiger partial charge in [0.2, 0.25) is 0 Å². The van der Waals surface area contributed by atoms with Crippen LogP contribution < -0.4 is 11.1 Å². The number of nitrogen functional groups attached to an aromatic ring is 1. The predicted molar refractivity (Wildman–Crippen MR) is 189 cm³/mol. The Morgan fingerprint density at radius 1 is 1.10 bits per heavy atom. The zero-order valence-corrected chi connectivity index (χ0v) is 28.0. The van der Waals surface area contributed by atoms with Gasteiger partial charge < -0.3 is 20.6 Å². The Hall–Kier alpha value is -4.92. The summed E-state index contributed by atoms with van der Waals surface area (Å²) < 4.78 is 6.24. The highest BCUT2D eigenvalue weighted by atomic mass is 32.2. The number of thiazole rings is 1. The Morgan fingerprint density at radius 2 is 1.81 bits per heavy atom. The first-order valence-corrected chi connectivity index (χ1v) is 17.7. The van der Waals surface area contributed by atoms with Crippen LogP contribution in [0.3, 0.4) is 0 Å². The Labute approximate surface area is 289 Å². The molecule has 14 heteroatoms. The van der Waals surface area contributed by atoms with Crippen LogP contribution in [0, 0.1) is 0 Å². The number of amides is 2. The van der Waals surface area contributed by atoms with E-state index >= 15 is 0 Å². The monoisotopic (exact) mass is 698 g/mol. The van der Waals surface area contributed by atoms with Crippen LogP contribution in [0.25, 0.3) is 6.08 Å². The molecule has 2 aliphatic rings. The molecule has 2 amide bonds. The third-order valence-corrected chi connectivity index (χ3v) is 10.3. The van der Waals surface area contributed by atoms with Crippen LogP contribution in [0.1, 0.15) is 28.6 Å². The van der Waals surface area contributed by atoms with Crippen molar-refractivity contribution in [2.45, 2.75) is 17.5 Å². The van der Waals surface area contributed by atoms with Gasteiger partial charge in [0.05, 0.1) is 5.69 Å². The highest BCUT2D eigenvalue weighted by molar-refractivity contribution is 8.02. The molecule has 4 aromatic rings. The van der Waals surface area contributed by atoms with Crippen LogP contribution >= 0.6 is 34.9 Å². The van der Waals surface area contributed by atoms with E-state index < -0.39 is 35.3 Å². The second-order valence-electron chi connectivity index (χ2n) is 10.5. The lowest BCUT2D eigenvalue weighted by atomic mass is 10.0. The van der Waals surface area contributed by atoms with E-state index in [4.69, 9.17) is 15.3 Å². The molecule has 2 aromatic heterocycles. The number of rotatable bonds is 12. The van der Waals surface area contributed by atoms with Crippen molar-refractivity contribution in [2.75, 3.05) is 24.3 Å². The third kappa shape index (κ3) is 7.30. The van der Waals surface area contributed by atoms with Gasteiger partial charge in [-0.3, -0.25) is 19.5 Å². The Balaban J connectivity index is 1.27. The van der Waals surface area contributed by atoms with Crippen LogP contribution in [-0.2, 0) is 24.0 Å². The number of anilines is 1. The Bertz CT molecular complexity index is 1830. The fourth-order valence-electron chi connectivity index (χ4n) is 5.17. The van der Waals surface area contributed by atoms with Gasteiger partial charge in [0.15, 0.2) is 16.9 Å². The van der Waals surface area contributed by atoms with Gasteiger partial charge in [-0.25, -0.2) is 9.78 Å². The van der Waals surface area contributed by atoms with Crippen molar-refractivity contribution in [3.05, 3.63) is 130 Å². The molecule has 1 saturated heterocycles. The van der Waals surface area contributed by atoms with Crippen molar-refractivity contribution in [2.24, 2.45) is 5.16 Å². The molecule has 2 atom stereocenters. The fraction of sp³-hybridized carbons (Fsp3) is 0.176. The van der Waals surface area contributed by atoms with E-state index in [1.165, 1.54) is 35.5 Å². The maximum Gasteiger partial charge on any atom is 0.356 e. The number of ether oxygens (including phenoxy) is 1. The number of nitrogens with one attached hydrogen (secondary N) is 1. The summed E-state index contributed by atoms with van der Waals surface area (Å²) in [6.45, 7) is 0. The fourth-order valence-corrected chi connectivity index (χ4v) is 7.97. The first-order chi connectivity index (χ1) is 23.4. The highest BCUT2D eigenvalue weighted by Gasteiger charge is 2.55. The average Bonchev–Trinajstić information content (AvgIpc) is 3.56. The van der Waals surface area contributed by atoms with E-state index in [9.17, 15) is 14.4 Å². The number of thioether (sulfide) groups is 2. The molecule has 2 aliphatic heterocycles. The molecule has 6 rings (SSSR count). The van der Waals surface area contributed by atoms with Gasteiger partial charge in [-0.1, -0.05) is 71.9 Å². The van der Waals surface area contributed by atoms with Crippen LogP contribution in [0.15, 0.2) is 112 Å². The lowest BCUT2D eigenvalue weighted by Crippen LogP contribution is -2.71. The number of hydrogen-bond donors (Lipinski definition) is 2. The van der Waals surface area contributed by atoms with Crippen molar-refractivity contribution >= 4 is 69.6 Å². The normalized spacial score (nSPS) is 17.7. The Morgan fingerprint density at radius 3 is 2.44 bits per heavy atom. The smallest absolute Gasteiger partial charge is 0.356 e. The van der Waals surface area contributed by atoms with Gasteiger partial charge in [0.25, 0.3) is 11.8 Å². The summed E-state index contributed by atoms with van der Waals surface area (Å²) in [5, 5.41) is 9.79. The maximum absolute atomic E-state index is 14.2. The lowest BCUT2D eigenvalue weighted by molar-refractivity contribution is -0.154. The van der Waals surface area contributed by atoms with Gasteiger partial charge >= 0.3 is 5.97 Å². The predicted octanol–water partition coefficient (Wildman–Crippen LogP) is 4.86. The number of nitrogens with two attached hydrogens (primary N) is 1. The summed E-state index contributed by atoms with van der Waals surface area (Å²) in [6.07, 6.45) is 2.90. The van der Waals surface area contributed by atoms with Gasteiger partial charge in [-0.15, -0.1) is 34.9 Å². The quantitative estimate of drug-likeness (QED) is 0.0909. The SMILES string of the molecule is CON=C(C(=O)NC1C(=O)N2C(C(=O)OC(c3ccccc3)c3ccccc3)=C(CS/C=C\c3ccccn3)CS[C@H]12)c1csc(N)n1. The highest BCUT2D eigenvalue weighted by Crippen LogP contribution is 2.42. The number of pyridine rings is 1. The second kappa shape index (κ2) is 15.3. The number of benzene rings is 2. The van der Waals surface area contributed by atoms with Crippen molar-refractivity contribution < 1.29 is 24.0 Å². The molecular weight excluding hydrogens is 669 g/mol. The molecule has 2 aromatic carbocycles. The standard InChI is InChI=1S/C34H30N6O5S3/c1-44-39-26(25-20-48-34(35)37-25)30(41)38-27-31(42)40-28(23(19-47-32(27)40)18-46-17-15-24-14-8-9-16-36-24)33(43)45-29(21-10-4-2-5-11-21)22-12-6-3-7-13-22/h2-17,20,27,29,32H,18-19H2,1H3,(H2,35,37)(H,38,41)/b17-15-,39-26?/t27?,32-/m1/s1. The molecule has 0 radical (unpaired) electrons. The third-order valence-electron chi connectivity index (χ3n) is 7.40. The molecular formula is C34H30N6O5S3. The number of hydrogen-bond acceptors (Lipinski definition) is 12. The lowest BCUT2D eigenvalue weighted by Gasteiger charge is -2.49. The van der Waals surface area contributed by atoms with Crippen molar-refractivity contribution in [1.82, 2.24) is 20.2 Å². The summed E-state index contributed by atoms with van der Waals surface area (Å²) in [5.41, 5.74) is 9.19. The molecule has 4 heterocycles.